The van der Waals surface area contributed by atoms with Gasteiger partial charge in [-0.2, -0.15) is 0 Å². The summed E-state index contributed by atoms with van der Waals surface area (Å²) in [6.45, 7) is 7.92. The summed E-state index contributed by atoms with van der Waals surface area (Å²) in [5.74, 6) is 0. The van der Waals surface area contributed by atoms with Crippen LogP contribution in [0.2, 0.25) is 0 Å². The molecule has 0 bridgehead atoms. The molecule has 1 aromatic heterocycles. The van der Waals surface area contributed by atoms with Gasteiger partial charge < -0.3 is 15.2 Å². The van der Waals surface area contributed by atoms with E-state index in [-0.39, 0.29) is 6.10 Å². The van der Waals surface area contributed by atoms with Crippen LogP contribution in [0.3, 0.4) is 0 Å². The summed E-state index contributed by atoms with van der Waals surface area (Å²) in [7, 11) is 0. The molecule has 0 radical (unpaired) electrons. The normalized spacial score (nSPS) is 13.2. The van der Waals surface area contributed by atoms with Crippen LogP contribution in [0.1, 0.15) is 31.2 Å². The van der Waals surface area contributed by atoms with Gasteiger partial charge in [0.2, 0.25) is 0 Å². The molecule has 17 heavy (non-hydrogen) atoms. The Morgan fingerprint density at radius 3 is 2.88 bits per heavy atom. The Hall–Kier alpha value is -0.420. The maximum atomic E-state index is 9.67. The first-order chi connectivity index (χ1) is 8.13. The highest BCUT2D eigenvalue weighted by Gasteiger charge is 2.06. The van der Waals surface area contributed by atoms with Crippen molar-refractivity contribution < 1.29 is 9.84 Å². The van der Waals surface area contributed by atoms with Crippen molar-refractivity contribution in [1.82, 2.24) is 5.32 Å². The van der Waals surface area contributed by atoms with Gasteiger partial charge in [-0.25, -0.2) is 0 Å². The number of aliphatic hydroxyl groups is 1. The van der Waals surface area contributed by atoms with Gasteiger partial charge >= 0.3 is 0 Å². The highest BCUT2D eigenvalue weighted by molar-refractivity contribution is 7.10. The standard InChI is InChI=1S/C13H23NO2S/c1-4-11-5-6-17-13(11)8-14-7-12(15)9-16-10(2)3/h5-6,10,12,14-15H,4,7-9H2,1-3H3. The molecular formula is C13H23NO2S. The quantitative estimate of drug-likeness (QED) is 0.750. The lowest BCUT2D eigenvalue weighted by Gasteiger charge is -2.14. The highest BCUT2D eigenvalue weighted by atomic mass is 32.1. The van der Waals surface area contributed by atoms with Crippen LogP contribution in [-0.4, -0.2) is 30.5 Å². The monoisotopic (exact) mass is 257 g/mol. The van der Waals surface area contributed by atoms with Crippen molar-refractivity contribution in [3.63, 3.8) is 0 Å². The van der Waals surface area contributed by atoms with Crippen LogP contribution in [-0.2, 0) is 17.7 Å². The molecule has 1 atom stereocenters. The van der Waals surface area contributed by atoms with E-state index in [9.17, 15) is 5.11 Å². The van der Waals surface area contributed by atoms with Crippen molar-refractivity contribution in [1.29, 1.82) is 0 Å². The van der Waals surface area contributed by atoms with Gasteiger partial charge in [0.1, 0.15) is 0 Å². The molecule has 0 aliphatic rings. The maximum absolute atomic E-state index is 9.67. The second-order valence-electron chi connectivity index (χ2n) is 4.39. The largest absolute Gasteiger partial charge is 0.389 e. The molecule has 0 fully saturated rings. The van der Waals surface area contributed by atoms with Gasteiger partial charge in [-0.3, -0.25) is 0 Å². The molecule has 2 N–H and O–H groups in total. The lowest BCUT2D eigenvalue weighted by Crippen LogP contribution is -2.31. The van der Waals surface area contributed by atoms with E-state index in [1.165, 1.54) is 10.4 Å². The third-order valence-corrected chi connectivity index (χ3v) is 3.47. The molecule has 1 unspecified atom stereocenters. The summed E-state index contributed by atoms with van der Waals surface area (Å²) in [5, 5.41) is 15.1. The predicted molar refractivity (Wildman–Crippen MR) is 72.5 cm³/mol. The summed E-state index contributed by atoms with van der Waals surface area (Å²) >= 11 is 1.77. The second kappa shape index (κ2) is 7.82. The van der Waals surface area contributed by atoms with E-state index >= 15 is 0 Å². The first-order valence-electron chi connectivity index (χ1n) is 6.19. The summed E-state index contributed by atoms with van der Waals surface area (Å²) in [6.07, 6.45) is 0.815. The minimum atomic E-state index is -0.428. The van der Waals surface area contributed by atoms with Crippen LogP contribution in [0, 0.1) is 0 Å². The molecule has 0 spiro atoms. The fraction of sp³-hybridized carbons (Fsp3) is 0.692. The molecule has 0 aromatic carbocycles. The van der Waals surface area contributed by atoms with Gasteiger partial charge in [0.25, 0.3) is 0 Å². The smallest absolute Gasteiger partial charge is 0.0897 e. The number of hydrogen-bond acceptors (Lipinski definition) is 4. The summed E-state index contributed by atoms with van der Waals surface area (Å²) < 4.78 is 5.35. The van der Waals surface area contributed by atoms with Crippen molar-refractivity contribution in [2.24, 2.45) is 0 Å². The average Bonchev–Trinajstić information content (AvgIpc) is 2.74. The van der Waals surface area contributed by atoms with Crippen molar-refractivity contribution in [2.75, 3.05) is 13.2 Å². The Labute approximate surface area is 108 Å². The molecule has 0 aliphatic heterocycles. The number of nitrogens with one attached hydrogen (secondary N) is 1. The van der Waals surface area contributed by atoms with Crippen molar-refractivity contribution in [3.8, 4) is 0 Å². The summed E-state index contributed by atoms with van der Waals surface area (Å²) in [5.41, 5.74) is 1.40. The van der Waals surface area contributed by atoms with Crippen LogP contribution < -0.4 is 5.32 Å². The van der Waals surface area contributed by atoms with Crippen LogP contribution in [0.4, 0.5) is 0 Å². The Kier molecular flexibility index (Phi) is 6.73. The van der Waals surface area contributed by atoms with E-state index in [0.29, 0.717) is 13.2 Å². The number of rotatable bonds is 8. The Bertz CT molecular complexity index is 312. The fourth-order valence-electron chi connectivity index (χ4n) is 1.55. The molecule has 1 aromatic rings. The number of aliphatic hydroxyl groups excluding tert-OH is 1. The molecule has 0 amide bonds. The predicted octanol–water partition coefficient (Wildman–Crippen LogP) is 2.19. The van der Waals surface area contributed by atoms with E-state index in [4.69, 9.17) is 4.74 Å². The minimum Gasteiger partial charge on any atom is -0.389 e. The van der Waals surface area contributed by atoms with Crippen molar-refractivity contribution >= 4 is 11.3 Å². The zero-order valence-corrected chi connectivity index (χ0v) is 11.7. The lowest BCUT2D eigenvalue weighted by atomic mass is 10.2. The molecule has 98 valence electrons. The molecule has 0 saturated heterocycles. The first-order valence-corrected chi connectivity index (χ1v) is 7.07. The third-order valence-electron chi connectivity index (χ3n) is 2.51. The zero-order valence-electron chi connectivity index (χ0n) is 10.9. The second-order valence-corrected chi connectivity index (χ2v) is 5.39. The van der Waals surface area contributed by atoms with Crippen LogP contribution in [0.25, 0.3) is 0 Å². The Balaban J connectivity index is 2.19. The first kappa shape index (κ1) is 14.6. The van der Waals surface area contributed by atoms with Crippen LogP contribution in [0.5, 0.6) is 0 Å². The van der Waals surface area contributed by atoms with Crippen LogP contribution in [0.15, 0.2) is 11.4 Å². The molecule has 3 nitrogen and oxygen atoms in total. The summed E-state index contributed by atoms with van der Waals surface area (Å²) in [4.78, 5) is 1.37. The number of thiophene rings is 1. The van der Waals surface area contributed by atoms with E-state index in [0.717, 1.165) is 13.0 Å². The van der Waals surface area contributed by atoms with Gasteiger partial charge in [-0.1, -0.05) is 6.92 Å². The lowest BCUT2D eigenvalue weighted by molar-refractivity contribution is 0.00632. The fourth-order valence-corrected chi connectivity index (χ4v) is 2.50. The maximum Gasteiger partial charge on any atom is 0.0897 e. The average molecular weight is 257 g/mol. The van der Waals surface area contributed by atoms with Gasteiger partial charge in [0.05, 0.1) is 18.8 Å². The molecule has 0 aliphatic carbocycles. The molecule has 0 saturated carbocycles. The van der Waals surface area contributed by atoms with Gasteiger partial charge in [-0.15, -0.1) is 11.3 Å². The highest BCUT2D eigenvalue weighted by Crippen LogP contribution is 2.16. The Morgan fingerprint density at radius 2 is 2.24 bits per heavy atom. The SMILES string of the molecule is CCc1ccsc1CNCC(O)COC(C)C. The Morgan fingerprint density at radius 1 is 1.47 bits per heavy atom. The summed E-state index contributed by atoms with van der Waals surface area (Å²) in [6, 6.07) is 2.17. The van der Waals surface area contributed by atoms with E-state index in [1.54, 1.807) is 11.3 Å². The van der Waals surface area contributed by atoms with Gasteiger partial charge in [0.15, 0.2) is 0 Å². The zero-order chi connectivity index (χ0) is 12.7. The molecule has 1 heterocycles. The van der Waals surface area contributed by atoms with Crippen LogP contribution >= 0.6 is 11.3 Å². The van der Waals surface area contributed by atoms with E-state index in [1.807, 2.05) is 13.8 Å². The third kappa shape index (κ3) is 5.64. The van der Waals surface area contributed by atoms with E-state index in [2.05, 4.69) is 23.7 Å². The van der Waals surface area contributed by atoms with Crippen molar-refractivity contribution in [2.45, 2.75) is 45.9 Å². The van der Waals surface area contributed by atoms with E-state index < -0.39 is 6.10 Å². The number of hydrogen-bond donors (Lipinski definition) is 2. The number of aryl methyl sites for hydroxylation is 1. The number of ether oxygens (including phenoxy) is 1. The topological polar surface area (TPSA) is 41.5 Å². The van der Waals surface area contributed by atoms with Crippen molar-refractivity contribution in [3.05, 3.63) is 21.9 Å². The molecular weight excluding hydrogens is 234 g/mol. The minimum absolute atomic E-state index is 0.175. The molecule has 1 rings (SSSR count). The molecule has 4 heteroatoms. The van der Waals surface area contributed by atoms with Gasteiger partial charge in [-0.05, 0) is 37.3 Å². The van der Waals surface area contributed by atoms with Gasteiger partial charge in [0, 0.05) is 18.0 Å².